The van der Waals surface area contributed by atoms with Crippen LogP contribution in [0.3, 0.4) is 0 Å². The van der Waals surface area contributed by atoms with Gasteiger partial charge in [0.2, 0.25) is 0 Å². The van der Waals surface area contributed by atoms with Crippen molar-refractivity contribution in [1.29, 1.82) is 0 Å². The largest absolute Gasteiger partial charge is 0.497 e. The Morgan fingerprint density at radius 3 is 2.63 bits per heavy atom. The molecular weight excluding hydrogens is 340 g/mol. The summed E-state index contributed by atoms with van der Waals surface area (Å²) in [5.74, 6) is 0.601. The maximum absolute atomic E-state index is 12.4. The van der Waals surface area contributed by atoms with Crippen LogP contribution < -0.4 is 10.1 Å². The lowest BCUT2D eigenvalue weighted by Crippen LogP contribution is -2.23. The summed E-state index contributed by atoms with van der Waals surface area (Å²) >= 11 is 0. The molecule has 0 bridgehead atoms. The highest BCUT2D eigenvalue weighted by Gasteiger charge is 2.11. The van der Waals surface area contributed by atoms with Crippen molar-refractivity contribution in [3.8, 4) is 16.9 Å². The lowest BCUT2D eigenvalue weighted by molar-refractivity contribution is 0.0946. The Morgan fingerprint density at radius 1 is 1.07 bits per heavy atom. The van der Waals surface area contributed by atoms with Gasteiger partial charge in [-0.15, -0.1) is 0 Å². The quantitative estimate of drug-likeness (QED) is 0.594. The van der Waals surface area contributed by atoms with Crippen LogP contribution in [0.25, 0.3) is 16.8 Å². The second-order valence-electron chi connectivity index (χ2n) is 6.08. The molecular formula is C21H18N4O2. The fraction of sp³-hybridized carbons (Fsp3) is 0.0952. The van der Waals surface area contributed by atoms with Crippen molar-refractivity contribution in [2.75, 3.05) is 7.11 Å². The van der Waals surface area contributed by atoms with Gasteiger partial charge < -0.3 is 14.5 Å². The molecule has 6 heteroatoms. The Labute approximate surface area is 156 Å². The molecule has 3 aromatic heterocycles. The number of pyridine rings is 2. The number of nitrogens with zero attached hydrogens (tertiary/aromatic N) is 3. The molecule has 0 atom stereocenters. The van der Waals surface area contributed by atoms with Crippen LogP contribution in [0.4, 0.5) is 0 Å². The SMILES string of the molecule is COc1ccc(-c2ccc3nc(C(=O)NCc4cccnc4)cn3c2)cc1. The third-order valence-corrected chi connectivity index (χ3v) is 4.28. The number of methoxy groups -OCH3 is 1. The molecule has 27 heavy (non-hydrogen) atoms. The lowest BCUT2D eigenvalue weighted by Gasteiger charge is -2.04. The van der Waals surface area contributed by atoms with Gasteiger partial charge in [-0.1, -0.05) is 18.2 Å². The van der Waals surface area contributed by atoms with Crippen molar-refractivity contribution in [3.05, 3.63) is 84.6 Å². The third kappa shape index (κ3) is 3.64. The first-order chi connectivity index (χ1) is 13.2. The highest BCUT2D eigenvalue weighted by Crippen LogP contribution is 2.23. The Hall–Kier alpha value is -3.67. The van der Waals surface area contributed by atoms with Gasteiger partial charge in [0.1, 0.15) is 17.1 Å². The van der Waals surface area contributed by atoms with E-state index in [1.54, 1.807) is 25.7 Å². The standard InChI is InChI=1S/C21H18N4O2/c1-27-18-7-4-16(5-8-18)17-6-9-20-24-19(14-25(20)13-17)21(26)23-12-15-3-2-10-22-11-15/h2-11,13-14H,12H2,1H3,(H,23,26). The molecule has 0 fully saturated rings. The molecule has 0 spiro atoms. The molecule has 0 radical (unpaired) electrons. The summed E-state index contributed by atoms with van der Waals surface area (Å²) in [4.78, 5) is 20.8. The van der Waals surface area contributed by atoms with E-state index >= 15 is 0 Å². The van der Waals surface area contributed by atoms with Gasteiger partial charge in [0.05, 0.1) is 7.11 Å². The smallest absolute Gasteiger partial charge is 0.271 e. The average molecular weight is 358 g/mol. The molecule has 0 unspecified atom stereocenters. The number of imidazole rings is 1. The first-order valence-electron chi connectivity index (χ1n) is 8.53. The number of hydrogen-bond donors (Lipinski definition) is 1. The molecule has 1 N–H and O–H groups in total. The predicted molar refractivity (Wildman–Crippen MR) is 103 cm³/mol. The minimum atomic E-state index is -0.214. The normalized spacial score (nSPS) is 10.7. The minimum Gasteiger partial charge on any atom is -0.497 e. The van der Waals surface area contributed by atoms with Gasteiger partial charge in [-0.05, 0) is 47.0 Å². The zero-order valence-corrected chi connectivity index (χ0v) is 14.8. The van der Waals surface area contributed by atoms with Crippen LogP contribution in [0.15, 0.2) is 73.3 Å². The summed E-state index contributed by atoms with van der Waals surface area (Å²) < 4.78 is 7.06. The molecule has 0 aliphatic rings. The van der Waals surface area contributed by atoms with E-state index in [0.717, 1.165) is 28.1 Å². The number of hydrogen-bond acceptors (Lipinski definition) is 4. The predicted octanol–water partition coefficient (Wildman–Crippen LogP) is 3.33. The summed E-state index contributed by atoms with van der Waals surface area (Å²) in [5.41, 5.74) is 4.14. The number of fused-ring (bicyclic) bond motifs is 1. The second-order valence-corrected chi connectivity index (χ2v) is 6.08. The van der Waals surface area contributed by atoms with Crippen molar-refractivity contribution in [3.63, 3.8) is 0 Å². The van der Waals surface area contributed by atoms with E-state index in [4.69, 9.17) is 4.74 Å². The number of rotatable bonds is 5. The summed E-state index contributed by atoms with van der Waals surface area (Å²) in [6.45, 7) is 0.414. The molecule has 4 rings (SSSR count). The van der Waals surface area contributed by atoms with Crippen molar-refractivity contribution in [2.24, 2.45) is 0 Å². The first-order valence-corrected chi connectivity index (χ1v) is 8.53. The van der Waals surface area contributed by atoms with Crippen molar-refractivity contribution in [2.45, 2.75) is 6.54 Å². The Bertz CT molecular complexity index is 1070. The number of nitrogens with one attached hydrogen (secondary N) is 1. The fourth-order valence-corrected chi connectivity index (χ4v) is 2.83. The minimum absolute atomic E-state index is 0.214. The number of benzene rings is 1. The van der Waals surface area contributed by atoms with Crippen LogP contribution >= 0.6 is 0 Å². The molecule has 1 amide bonds. The second kappa shape index (κ2) is 7.29. The zero-order valence-electron chi connectivity index (χ0n) is 14.8. The van der Waals surface area contributed by atoms with Gasteiger partial charge in [-0.25, -0.2) is 4.98 Å². The van der Waals surface area contributed by atoms with Crippen LogP contribution in [0.2, 0.25) is 0 Å². The van der Waals surface area contributed by atoms with Crippen molar-refractivity contribution >= 4 is 11.6 Å². The molecule has 134 valence electrons. The maximum atomic E-state index is 12.4. The van der Waals surface area contributed by atoms with Gasteiger partial charge in [0.15, 0.2) is 0 Å². The van der Waals surface area contributed by atoms with E-state index in [9.17, 15) is 4.79 Å². The highest BCUT2D eigenvalue weighted by molar-refractivity contribution is 5.92. The van der Waals surface area contributed by atoms with E-state index in [-0.39, 0.29) is 5.91 Å². The van der Waals surface area contributed by atoms with Gasteiger partial charge in [0, 0.05) is 31.3 Å². The third-order valence-electron chi connectivity index (χ3n) is 4.28. The van der Waals surface area contributed by atoms with Crippen LogP contribution in [0, 0.1) is 0 Å². The number of amides is 1. The summed E-state index contributed by atoms with van der Waals surface area (Å²) in [7, 11) is 1.65. The van der Waals surface area contributed by atoms with E-state index in [0.29, 0.717) is 12.2 Å². The summed E-state index contributed by atoms with van der Waals surface area (Å²) in [6, 6.07) is 15.5. The van der Waals surface area contributed by atoms with E-state index in [2.05, 4.69) is 15.3 Å². The van der Waals surface area contributed by atoms with Gasteiger partial charge in [0.25, 0.3) is 5.91 Å². The van der Waals surface area contributed by atoms with E-state index in [1.807, 2.05) is 59.1 Å². The van der Waals surface area contributed by atoms with Crippen molar-refractivity contribution in [1.82, 2.24) is 19.7 Å². The summed E-state index contributed by atoms with van der Waals surface area (Å²) in [5, 5.41) is 2.87. The Morgan fingerprint density at radius 2 is 1.89 bits per heavy atom. The van der Waals surface area contributed by atoms with Crippen LogP contribution in [0.5, 0.6) is 5.75 Å². The molecule has 6 nitrogen and oxygen atoms in total. The first kappa shape index (κ1) is 16.8. The monoisotopic (exact) mass is 358 g/mol. The molecule has 1 aromatic carbocycles. The topological polar surface area (TPSA) is 68.5 Å². The van der Waals surface area contributed by atoms with Crippen LogP contribution in [-0.2, 0) is 6.54 Å². The van der Waals surface area contributed by atoms with E-state index < -0.39 is 0 Å². The Balaban J connectivity index is 1.54. The highest BCUT2D eigenvalue weighted by atomic mass is 16.5. The molecule has 0 aliphatic carbocycles. The van der Waals surface area contributed by atoms with Crippen LogP contribution in [0.1, 0.15) is 16.1 Å². The maximum Gasteiger partial charge on any atom is 0.271 e. The van der Waals surface area contributed by atoms with Gasteiger partial charge >= 0.3 is 0 Å². The summed E-state index contributed by atoms with van der Waals surface area (Å²) in [6.07, 6.45) is 7.13. The van der Waals surface area contributed by atoms with Gasteiger partial charge in [-0.2, -0.15) is 0 Å². The average Bonchev–Trinajstić information content (AvgIpc) is 3.16. The molecule has 0 aliphatic heterocycles. The molecule has 0 saturated heterocycles. The van der Waals surface area contributed by atoms with E-state index in [1.165, 1.54) is 0 Å². The zero-order chi connectivity index (χ0) is 18.6. The number of aromatic nitrogens is 3. The van der Waals surface area contributed by atoms with Crippen molar-refractivity contribution < 1.29 is 9.53 Å². The van der Waals surface area contributed by atoms with Crippen LogP contribution in [-0.4, -0.2) is 27.4 Å². The fourth-order valence-electron chi connectivity index (χ4n) is 2.83. The number of carbonyl (C=O) groups excluding carboxylic acids is 1. The molecule has 4 aromatic rings. The molecule has 0 saturated carbocycles. The number of carbonyl (C=O) groups is 1. The van der Waals surface area contributed by atoms with Gasteiger partial charge in [-0.3, -0.25) is 9.78 Å². The molecule has 3 heterocycles. The number of ether oxygens (including phenoxy) is 1. The Kier molecular flexibility index (Phi) is 4.53. The lowest BCUT2D eigenvalue weighted by atomic mass is 10.1.